The number of nitro benzene ring substituents is 1. The Balaban J connectivity index is 1.55. The van der Waals surface area contributed by atoms with Gasteiger partial charge >= 0.3 is 0 Å². The Bertz CT molecular complexity index is 1010. The van der Waals surface area contributed by atoms with Crippen LogP contribution in [0.2, 0.25) is 0 Å². The van der Waals surface area contributed by atoms with Crippen molar-refractivity contribution >= 4 is 11.6 Å². The number of nitrogens with zero attached hydrogens (tertiary/aromatic N) is 4. The zero-order chi connectivity index (χ0) is 19.7. The fourth-order valence-electron chi connectivity index (χ4n) is 3.60. The number of benzene rings is 2. The molecule has 7 nitrogen and oxygen atoms in total. The third-order valence-corrected chi connectivity index (χ3v) is 5.11. The average Bonchev–Trinajstić information content (AvgIpc) is 3.38. The maximum Gasteiger partial charge on any atom is 0.274 e. The molecule has 1 aliphatic rings. The van der Waals surface area contributed by atoms with Crippen molar-refractivity contribution in [3.8, 4) is 5.69 Å². The van der Waals surface area contributed by atoms with Gasteiger partial charge in [-0.05, 0) is 43.5 Å². The summed E-state index contributed by atoms with van der Waals surface area (Å²) in [7, 11) is 0. The third kappa shape index (κ3) is 3.38. The molecule has 0 N–H and O–H groups in total. The Labute approximate surface area is 162 Å². The van der Waals surface area contributed by atoms with Crippen molar-refractivity contribution < 1.29 is 9.72 Å². The van der Waals surface area contributed by atoms with E-state index in [0.717, 1.165) is 18.4 Å². The van der Waals surface area contributed by atoms with Crippen molar-refractivity contribution in [2.24, 2.45) is 0 Å². The van der Waals surface area contributed by atoms with Crippen molar-refractivity contribution in [2.75, 3.05) is 6.54 Å². The highest BCUT2D eigenvalue weighted by atomic mass is 16.6. The first-order valence-electron chi connectivity index (χ1n) is 9.21. The van der Waals surface area contributed by atoms with E-state index < -0.39 is 4.92 Å². The number of likely N-dealkylation sites (tertiary alicyclic amines) is 1. The third-order valence-electron chi connectivity index (χ3n) is 5.11. The maximum atomic E-state index is 13.0. The van der Waals surface area contributed by atoms with Gasteiger partial charge in [0.2, 0.25) is 0 Å². The standard InChI is InChI=1S/C21H20N4O3/c1-15-4-6-16(7-5-15)20-3-2-13-23(20)21(26)19-12-14-24(22-19)17-8-10-18(11-9-17)25(27)28/h4-12,14,20H,2-3,13H2,1H3. The van der Waals surface area contributed by atoms with Crippen LogP contribution in [0.1, 0.15) is 40.5 Å². The van der Waals surface area contributed by atoms with Crippen LogP contribution in [0.3, 0.4) is 0 Å². The van der Waals surface area contributed by atoms with Crippen LogP contribution in [0.5, 0.6) is 0 Å². The van der Waals surface area contributed by atoms with Crippen molar-refractivity contribution in [2.45, 2.75) is 25.8 Å². The van der Waals surface area contributed by atoms with Crippen LogP contribution in [0.4, 0.5) is 5.69 Å². The molecule has 2 aromatic carbocycles. The summed E-state index contributed by atoms with van der Waals surface area (Å²) in [6.45, 7) is 2.76. The van der Waals surface area contributed by atoms with Gasteiger partial charge in [-0.25, -0.2) is 4.68 Å². The number of carbonyl (C=O) groups excluding carboxylic acids is 1. The largest absolute Gasteiger partial charge is 0.330 e. The van der Waals surface area contributed by atoms with Crippen LogP contribution in [-0.4, -0.2) is 32.1 Å². The summed E-state index contributed by atoms with van der Waals surface area (Å²) in [5, 5.41) is 15.2. The van der Waals surface area contributed by atoms with Crippen LogP contribution in [-0.2, 0) is 0 Å². The van der Waals surface area contributed by atoms with E-state index in [0.29, 0.717) is 17.9 Å². The second kappa shape index (κ2) is 7.26. The number of hydrogen-bond acceptors (Lipinski definition) is 4. The number of non-ortho nitro benzene ring substituents is 1. The molecule has 142 valence electrons. The normalized spacial score (nSPS) is 16.3. The number of nitro groups is 1. The lowest BCUT2D eigenvalue weighted by molar-refractivity contribution is -0.384. The zero-order valence-electron chi connectivity index (χ0n) is 15.5. The molecule has 2 heterocycles. The monoisotopic (exact) mass is 376 g/mol. The lowest BCUT2D eigenvalue weighted by atomic mass is 10.0. The highest BCUT2D eigenvalue weighted by molar-refractivity contribution is 5.92. The van der Waals surface area contributed by atoms with Crippen molar-refractivity contribution in [1.82, 2.24) is 14.7 Å². The Morgan fingerprint density at radius 1 is 1.11 bits per heavy atom. The molecule has 0 spiro atoms. The van der Waals surface area contributed by atoms with E-state index in [9.17, 15) is 14.9 Å². The quantitative estimate of drug-likeness (QED) is 0.508. The fourth-order valence-corrected chi connectivity index (χ4v) is 3.60. The van der Waals surface area contributed by atoms with Crippen molar-refractivity contribution in [3.63, 3.8) is 0 Å². The predicted molar refractivity (Wildman–Crippen MR) is 104 cm³/mol. The minimum Gasteiger partial charge on any atom is -0.330 e. The number of carbonyl (C=O) groups is 1. The molecule has 1 aromatic heterocycles. The van der Waals surface area contributed by atoms with Gasteiger partial charge in [-0.1, -0.05) is 29.8 Å². The van der Waals surface area contributed by atoms with Gasteiger partial charge in [0.15, 0.2) is 5.69 Å². The number of aryl methyl sites for hydroxylation is 1. The smallest absolute Gasteiger partial charge is 0.274 e. The van der Waals surface area contributed by atoms with Gasteiger partial charge in [0.05, 0.1) is 16.7 Å². The number of hydrogen-bond donors (Lipinski definition) is 0. The van der Waals surface area contributed by atoms with Crippen LogP contribution >= 0.6 is 0 Å². The summed E-state index contributed by atoms with van der Waals surface area (Å²) in [6.07, 6.45) is 3.61. The summed E-state index contributed by atoms with van der Waals surface area (Å²) >= 11 is 0. The van der Waals surface area contributed by atoms with E-state index in [2.05, 4.69) is 29.4 Å². The fraction of sp³-hybridized carbons (Fsp3) is 0.238. The van der Waals surface area contributed by atoms with E-state index in [-0.39, 0.29) is 17.6 Å². The van der Waals surface area contributed by atoms with Crippen LogP contribution in [0, 0.1) is 17.0 Å². The van der Waals surface area contributed by atoms with Gasteiger partial charge in [-0.3, -0.25) is 14.9 Å². The molecule has 4 rings (SSSR count). The highest BCUT2D eigenvalue weighted by Crippen LogP contribution is 2.33. The molecule has 0 radical (unpaired) electrons. The molecule has 0 saturated carbocycles. The predicted octanol–water partition coefficient (Wildman–Crippen LogP) is 4.07. The van der Waals surface area contributed by atoms with Gasteiger partial charge < -0.3 is 4.90 Å². The van der Waals surface area contributed by atoms with Crippen molar-refractivity contribution in [3.05, 3.63) is 87.7 Å². The Kier molecular flexibility index (Phi) is 4.65. The van der Waals surface area contributed by atoms with E-state index in [1.54, 1.807) is 29.1 Å². The molecule has 1 saturated heterocycles. The number of amides is 1. The second-order valence-corrected chi connectivity index (χ2v) is 6.99. The number of rotatable bonds is 4. The van der Waals surface area contributed by atoms with Gasteiger partial charge in [0.25, 0.3) is 11.6 Å². The van der Waals surface area contributed by atoms with Crippen LogP contribution in [0.15, 0.2) is 60.8 Å². The summed E-state index contributed by atoms with van der Waals surface area (Å²) < 4.78 is 1.56. The molecular weight excluding hydrogens is 356 g/mol. The Hall–Kier alpha value is -3.48. The van der Waals surface area contributed by atoms with Crippen LogP contribution in [0.25, 0.3) is 5.69 Å². The number of aromatic nitrogens is 2. The maximum absolute atomic E-state index is 13.0. The lowest BCUT2D eigenvalue weighted by Gasteiger charge is -2.24. The molecule has 28 heavy (non-hydrogen) atoms. The van der Waals surface area contributed by atoms with E-state index in [1.165, 1.54) is 17.7 Å². The molecule has 1 atom stereocenters. The summed E-state index contributed by atoms with van der Waals surface area (Å²) in [5.41, 5.74) is 3.40. The second-order valence-electron chi connectivity index (χ2n) is 6.99. The Morgan fingerprint density at radius 3 is 2.50 bits per heavy atom. The van der Waals surface area contributed by atoms with Gasteiger partial charge in [-0.15, -0.1) is 0 Å². The zero-order valence-corrected chi connectivity index (χ0v) is 15.5. The average molecular weight is 376 g/mol. The molecule has 1 unspecified atom stereocenters. The van der Waals surface area contributed by atoms with E-state index in [4.69, 9.17) is 0 Å². The summed E-state index contributed by atoms with van der Waals surface area (Å²) in [5.74, 6) is -0.0938. The topological polar surface area (TPSA) is 81.3 Å². The van der Waals surface area contributed by atoms with E-state index in [1.807, 2.05) is 11.8 Å². The molecule has 1 aliphatic heterocycles. The minimum absolute atomic E-state index is 0.0187. The van der Waals surface area contributed by atoms with Gasteiger partial charge in [-0.2, -0.15) is 5.10 Å². The summed E-state index contributed by atoms with van der Waals surface area (Å²) in [6, 6.07) is 16.1. The highest BCUT2D eigenvalue weighted by Gasteiger charge is 2.31. The Morgan fingerprint density at radius 2 is 1.82 bits per heavy atom. The minimum atomic E-state index is -0.444. The molecular formula is C21H20N4O3. The molecule has 1 fully saturated rings. The molecule has 3 aromatic rings. The first-order valence-corrected chi connectivity index (χ1v) is 9.21. The summed E-state index contributed by atoms with van der Waals surface area (Å²) in [4.78, 5) is 25.3. The molecule has 1 amide bonds. The molecule has 0 bridgehead atoms. The van der Waals surface area contributed by atoms with Gasteiger partial charge in [0.1, 0.15) is 0 Å². The molecule has 7 heteroatoms. The first-order chi connectivity index (χ1) is 13.5. The van der Waals surface area contributed by atoms with Gasteiger partial charge in [0, 0.05) is 24.9 Å². The van der Waals surface area contributed by atoms with Crippen LogP contribution < -0.4 is 0 Å². The van der Waals surface area contributed by atoms with E-state index >= 15 is 0 Å². The first kappa shape index (κ1) is 17.9. The van der Waals surface area contributed by atoms with Crippen molar-refractivity contribution in [1.29, 1.82) is 0 Å². The molecule has 0 aliphatic carbocycles. The lowest BCUT2D eigenvalue weighted by Crippen LogP contribution is -2.31. The SMILES string of the molecule is Cc1ccc(C2CCCN2C(=O)c2ccn(-c3ccc([N+](=O)[O-])cc3)n2)cc1.